The molecule has 2 heterocycles. The summed E-state index contributed by atoms with van der Waals surface area (Å²) in [7, 11) is 1.44. The van der Waals surface area contributed by atoms with E-state index in [2.05, 4.69) is 21.3 Å². The zero-order chi connectivity index (χ0) is 16.9. The Kier molecular flexibility index (Phi) is 6.69. The summed E-state index contributed by atoms with van der Waals surface area (Å²) in [5.41, 5.74) is 2.05. The number of hydrogen-bond donors (Lipinski definition) is 1. The van der Waals surface area contributed by atoms with E-state index in [9.17, 15) is 10.1 Å². The first-order chi connectivity index (χ1) is 11.7. The number of piperazine rings is 1. The van der Waals surface area contributed by atoms with Crippen molar-refractivity contribution < 1.29 is 9.66 Å². The topological polar surface area (TPSA) is 80.5 Å². The van der Waals surface area contributed by atoms with E-state index in [-0.39, 0.29) is 29.9 Å². The summed E-state index contributed by atoms with van der Waals surface area (Å²) in [6.45, 7) is 3.25. The Balaban J connectivity index is 0.00000225. The third-order valence-corrected chi connectivity index (χ3v) is 4.25. The Morgan fingerprint density at radius 2 is 2.28 bits per heavy atom. The molecule has 0 amide bonds. The lowest BCUT2D eigenvalue weighted by atomic mass is 10.0. The van der Waals surface area contributed by atoms with E-state index in [1.807, 2.05) is 18.3 Å². The quantitative estimate of drug-likeness (QED) is 0.648. The summed E-state index contributed by atoms with van der Waals surface area (Å²) >= 11 is 0. The molecular formula is C17H21ClN4O3. The van der Waals surface area contributed by atoms with Crippen LogP contribution in [0.15, 0.2) is 42.7 Å². The van der Waals surface area contributed by atoms with E-state index >= 15 is 0 Å². The van der Waals surface area contributed by atoms with Crippen LogP contribution in [0.3, 0.4) is 0 Å². The third-order valence-electron chi connectivity index (χ3n) is 4.25. The number of nitrogens with zero attached hydrogens (tertiary/aromatic N) is 3. The molecule has 0 spiro atoms. The summed E-state index contributed by atoms with van der Waals surface area (Å²) < 4.78 is 5.07. The normalized spacial score (nSPS) is 17.6. The Hall–Kier alpha value is -2.22. The van der Waals surface area contributed by atoms with Crippen LogP contribution in [0.4, 0.5) is 5.69 Å². The van der Waals surface area contributed by atoms with Gasteiger partial charge in [0.05, 0.1) is 12.0 Å². The number of methoxy groups -OCH3 is 1. The average Bonchev–Trinajstić information content (AvgIpc) is 2.63. The average molecular weight is 365 g/mol. The van der Waals surface area contributed by atoms with Crippen LogP contribution in [0.5, 0.6) is 5.75 Å². The van der Waals surface area contributed by atoms with E-state index in [0.717, 1.165) is 30.8 Å². The predicted molar refractivity (Wildman–Crippen MR) is 97.2 cm³/mol. The van der Waals surface area contributed by atoms with E-state index in [1.165, 1.54) is 7.11 Å². The molecule has 1 unspecified atom stereocenters. The fourth-order valence-electron chi connectivity index (χ4n) is 3.05. The largest absolute Gasteiger partial charge is 0.490 e. The first-order valence-corrected chi connectivity index (χ1v) is 7.85. The molecular weight excluding hydrogens is 344 g/mol. The van der Waals surface area contributed by atoms with Crippen LogP contribution in [0.2, 0.25) is 0 Å². The maximum Gasteiger partial charge on any atom is 0.311 e. The third kappa shape index (κ3) is 4.45. The second-order valence-electron chi connectivity index (χ2n) is 5.74. The van der Waals surface area contributed by atoms with Gasteiger partial charge in [-0.15, -0.1) is 12.4 Å². The van der Waals surface area contributed by atoms with Gasteiger partial charge < -0.3 is 10.1 Å². The molecule has 1 aliphatic heterocycles. The van der Waals surface area contributed by atoms with Crippen LogP contribution in [0.1, 0.15) is 17.2 Å². The monoisotopic (exact) mass is 364 g/mol. The summed E-state index contributed by atoms with van der Waals surface area (Å²) in [4.78, 5) is 17.3. The van der Waals surface area contributed by atoms with Crippen LogP contribution in [-0.2, 0) is 6.54 Å². The van der Waals surface area contributed by atoms with E-state index < -0.39 is 4.92 Å². The number of pyridine rings is 1. The molecule has 1 saturated heterocycles. The highest BCUT2D eigenvalue weighted by atomic mass is 35.5. The van der Waals surface area contributed by atoms with E-state index in [0.29, 0.717) is 6.54 Å². The smallest absolute Gasteiger partial charge is 0.311 e. The molecule has 1 aromatic heterocycles. The van der Waals surface area contributed by atoms with Crippen molar-refractivity contribution in [3.8, 4) is 5.75 Å². The molecule has 1 N–H and O–H groups in total. The van der Waals surface area contributed by atoms with Gasteiger partial charge in [-0.1, -0.05) is 12.1 Å². The highest BCUT2D eigenvalue weighted by Gasteiger charge is 2.25. The van der Waals surface area contributed by atoms with Gasteiger partial charge in [-0.25, -0.2) is 0 Å². The van der Waals surface area contributed by atoms with Crippen molar-refractivity contribution >= 4 is 18.1 Å². The van der Waals surface area contributed by atoms with Crippen LogP contribution in [0.25, 0.3) is 0 Å². The van der Waals surface area contributed by atoms with Gasteiger partial charge in [-0.05, 0) is 23.3 Å². The van der Waals surface area contributed by atoms with Gasteiger partial charge in [0, 0.05) is 50.7 Å². The fourth-order valence-corrected chi connectivity index (χ4v) is 3.05. The maximum absolute atomic E-state index is 11.2. The Morgan fingerprint density at radius 1 is 1.44 bits per heavy atom. The number of rotatable bonds is 5. The number of halogens is 1. The molecule has 0 saturated carbocycles. The molecule has 1 aromatic carbocycles. The number of nitro benzene ring substituents is 1. The highest BCUT2D eigenvalue weighted by Crippen LogP contribution is 2.30. The second kappa shape index (κ2) is 8.75. The van der Waals surface area contributed by atoms with E-state index in [1.54, 1.807) is 18.3 Å². The molecule has 0 aliphatic carbocycles. The zero-order valence-electron chi connectivity index (χ0n) is 13.9. The van der Waals surface area contributed by atoms with Gasteiger partial charge in [-0.3, -0.25) is 20.0 Å². The molecule has 1 aliphatic rings. The van der Waals surface area contributed by atoms with Gasteiger partial charge in [-0.2, -0.15) is 0 Å². The van der Waals surface area contributed by atoms with Crippen LogP contribution in [0, 0.1) is 10.1 Å². The van der Waals surface area contributed by atoms with Crippen molar-refractivity contribution in [3.05, 3.63) is 64.0 Å². The Morgan fingerprint density at radius 3 is 2.96 bits per heavy atom. The highest BCUT2D eigenvalue weighted by molar-refractivity contribution is 5.85. The summed E-state index contributed by atoms with van der Waals surface area (Å²) in [5, 5.41) is 14.6. The molecule has 8 heteroatoms. The summed E-state index contributed by atoms with van der Waals surface area (Å²) in [6, 6.07) is 9.34. The molecule has 134 valence electrons. The molecule has 0 bridgehead atoms. The lowest BCUT2D eigenvalue weighted by Gasteiger charge is -2.36. The van der Waals surface area contributed by atoms with Gasteiger partial charge >= 0.3 is 5.69 Å². The summed E-state index contributed by atoms with van der Waals surface area (Å²) in [5.74, 6) is 0.285. The minimum atomic E-state index is -0.404. The SMILES string of the molecule is COc1ccc(CN2CCNCC2c2cccnc2)cc1[N+](=O)[O-].Cl. The van der Waals surface area contributed by atoms with Crippen LogP contribution in [-0.4, -0.2) is 41.6 Å². The summed E-state index contributed by atoms with van der Waals surface area (Å²) in [6.07, 6.45) is 3.64. The standard InChI is InChI=1S/C17H20N4O3.ClH/c1-24-17-5-4-13(9-15(17)21(22)23)12-20-8-7-19-11-16(20)14-3-2-6-18-10-14;/h2-6,9-10,16,19H,7-8,11-12H2,1H3;1H. The minimum Gasteiger partial charge on any atom is -0.490 e. The van der Waals surface area contributed by atoms with Crippen LogP contribution >= 0.6 is 12.4 Å². The van der Waals surface area contributed by atoms with Gasteiger partial charge in [0.2, 0.25) is 0 Å². The molecule has 7 nitrogen and oxygen atoms in total. The van der Waals surface area contributed by atoms with Crippen molar-refractivity contribution in [2.75, 3.05) is 26.7 Å². The van der Waals surface area contributed by atoms with Crippen molar-refractivity contribution in [1.82, 2.24) is 15.2 Å². The number of hydrogen-bond acceptors (Lipinski definition) is 6. The number of benzene rings is 1. The second-order valence-corrected chi connectivity index (χ2v) is 5.74. The first-order valence-electron chi connectivity index (χ1n) is 7.85. The number of ether oxygens (including phenoxy) is 1. The minimum absolute atomic E-state index is 0. The number of nitro groups is 1. The lowest BCUT2D eigenvalue weighted by Crippen LogP contribution is -2.45. The molecule has 25 heavy (non-hydrogen) atoms. The van der Waals surface area contributed by atoms with Gasteiger partial charge in [0.25, 0.3) is 0 Å². The lowest BCUT2D eigenvalue weighted by molar-refractivity contribution is -0.385. The molecule has 1 fully saturated rings. The Labute approximate surface area is 152 Å². The predicted octanol–water partition coefficient (Wildman–Crippen LogP) is 2.57. The van der Waals surface area contributed by atoms with Gasteiger partial charge in [0.1, 0.15) is 0 Å². The van der Waals surface area contributed by atoms with Crippen molar-refractivity contribution in [2.24, 2.45) is 0 Å². The molecule has 2 aromatic rings. The molecule has 0 radical (unpaired) electrons. The fraction of sp³-hybridized carbons (Fsp3) is 0.353. The van der Waals surface area contributed by atoms with E-state index in [4.69, 9.17) is 4.74 Å². The first kappa shape index (κ1) is 19.1. The number of aromatic nitrogens is 1. The maximum atomic E-state index is 11.2. The van der Waals surface area contributed by atoms with Gasteiger partial charge in [0.15, 0.2) is 5.75 Å². The molecule has 1 atom stereocenters. The van der Waals surface area contributed by atoms with Crippen molar-refractivity contribution in [3.63, 3.8) is 0 Å². The molecule has 3 rings (SSSR count). The van der Waals surface area contributed by atoms with Crippen LogP contribution < -0.4 is 10.1 Å². The Bertz CT molecular complexity index is 714. The zero-order valence-corrected chi connectivity index (χ0v) is 14.7. The number of nitrogens with one attached hydrogen (secondary N) is 1. The van der Waals surface area contributed by atoms with Crippen molar-refractivity contribution in [2.45, 2.75) is 12.6 Å². The van der Waals surface area contributed by atoms with Crippen molar-refractivity contribution in [1.29, 1.82) is 0 Å².